The van der Waals surface area contributed by atoms with Crippen LogP contribution in [0.3, 0.4) is 0 Å². The highest BCUT2D eigenvalue weighted by molar-refractivity contribution is 9.10. The average Bonchev–Trinajstić information content (AvgIpc) is 2.98. The number of nitrogens with zero attached hydrogens (tertiary/aromatic N) is 1. The summed E-state index contributed by atoms with van der Waals surface area (Å²) < 4.78 is 124. The molecule has 0 fully saturated rings. The predicted molar refractivity (Wildman–Crippen MR) is 113 cm³/mol. The van der Waals surface area contributed by atoms with Crippen molar-refractivity contribution in [2.75, 3.05) is 13.2 Å². The molecule has 0 unspecified atom stereocenters. The van der Waals surface area contributed by atoms with Gasteiger partial charge in [0, 0.05) is 30.8 Å². The molecule has 3 rings (SSSR count). The number of aliphatic hydroxyl groups excluding tert-OH is 1. The number of rotatable bonds is 8. The second-order valence-electron chi connectivity index (χ2n) is 7.45. The molecule has 0 bridgehead atoms. The van der Waals surface area contributed by atoms with Gasteiger partial charge in [-0.05, 0) is 36.4 Å². The Morgan fingerprint density at radius 1 is 0.794 bits per heavy atom. The van der Waals surface area contributed by atoms with E-state index >= 15 is 0 Å². The van der Waals surface area contributed by atoms with E-state index < -0.39 is 43.3 Å². The minimum Gasteiger partial charge on any atom is -0.389 e. The fraction of sp³-hybridized carbons (Fsp3) is 0.400. The van der Waals surface area contributed by atoms with Gasteiger partial charge in [0.05, 0.1) is 19.3 Å². The third kappa shape index (κ3) is 4.78. The van der Waals surface area contributed by atoms with E-state index in [4.69, 9.17) is 0 Å². The molecule has 0 saturated carbocycles. The van der Waals surface area contributed by atoms with Crippen LogP contribution in [0.2, 0.25) is 0 Å². The fourth-order valence-electron chi connectivity index (χ4n) is 3.33. The van der Waals surface area contributed by atoms with Gasteiger partial charge in [-0.1, -0.05) is 31.9 Å². The number of ether oxygens (including phenoxy) is 1. The van der Waals surface area contributed by atoms with E-state index in [0.717, 1.165) is 19.7 Å². The molecule has 1 aromatic heterocycles. The highest BCUT2D eigenvalue weighted by Gasteiger charge is 2.81. The van der Waals surface area contributed by atoms with E-state index in [0.29, 0.717) is 11.0 Å². The lowest BCUT2D eigenvalue weighted by Crippen LogP contribution is -2.62. The Morgan fingerprint density at radius 2 is 1.26 bits per heavy atom. The van der Waals surface area contributed by atoms with Gasteiger partial charge in [0.15, 0.2) is 0 Å². The first-order valence-corrected chi connectivity index (χ1v) is 10.9. The average molecular weight is 631 g/mol. The third-order valence-corrected chi connectivity index (χ3v) is 5.97. The van der Waals surface area contributed by atoms with Gasteiger partial charge in [0.25, 0.3) is 0 Å². The smallest absolute Gasteiger partial charge is 0.389 e. The second-order valence-corrected chi connectivity index (χ2v) is 9.28. The summed E-state index contributed by atoms with van der Waals surface area (Å²) >= 11 is 6.69. The SMILES string of the molecule is O[C@H](COCC(F)(F)C(F)(F)C(F)(F)C(F)(F)F)Cn1c2ccc(Br)cc2c2cc(Br)ccc21. The van der Waals surface area contributed by atoms with Crippen molar-refractivity contribution in [1.82, 2.24) is 4.57 Å². The maximum absolute atomic E-state index is 13.6. The van der Waals surface area contributed by atoms with Crippen LogP contribution in [-0.2, 0) is 11.3 Å². The standard InChI is InChI=1S/C20H14Br2F9NO2/c21-10-1-3-15-13(5-10)14-6-11(22)2-4-16(14)32(15)7-12(33)8-34-9-17(23,24)18(25,26)19(27,28)20(29,30)31/h1-6,12,33H,7-9H2/t12-/m0/s1. The van der Waals surface area contributed by atoms with Gasteiger partial charge >= 0.3 is 23.9 Å². The Hall–Kier alpha value is -1.51. The molecule has 0 saturated heterocycles. The van der Waals surface area contributed by atoms with Crippen LogP contribution >= 0.6 is 31.9 Å². The fourth-order valence-corrected chi connectivity index (χ4v) is 4.05. The number of benzene rings is 2. The van der Waals surface area contributed by atoms with Crippen molar-refractivity contribution in [3.8, 4) is 0 Å². The Labute approximate surface area is 202 Å². The number of aromatic nitrogens is 1. The minimum atomic E-state index is -6.99. The minimum absolute atomic E-state index is 0.274. The highest BCUT2D eigenvalue weighted by Crippen LogP contribution is 2.53. The molecule has 0 aliphatic carbocycles. The summed E-state index contributed by atoms with van der Waals surface area (Å²) in [6.45, 7) is -3.77. The van der Waals surface area contributed by atoms with E-state index in [1.807, 2.05) is 0 Å². The normalized spacial score (nSPS) is 14.8. The molecule has 34 heavy (non-hydrogen) atoms. The van der Waals surface area contributed by atoms with Crippen LogP contribution in [0, 0.1) is 0 Å². The first-order chi connectivity index (χ1) is 15.5. The summed E-state index contributed by atoms with van der Waals surface area (Å²) in [5.41, 5.74) is 1.24. The van der Waals surface area contributed by atoms with Crippen molar-refractivity contribution < 1.29 is 49.4 Å². The molecule has 1 N–H and O–H groups in total. The summed E-state index contributed by atoms with van der Waals surface area (Å²) in [4.78, 5) is 0. The van der Waals surface area contributed by atoms with Crippen LogP contribution < -0.4 is 0 Å². The van der Waals surface area contributed by atoms with Gasteiger partial charge < -0.3 is 14.4 Å². The molecule has 0 radical (unpaired) electrons. The van der Waals surface area contributed by atoms with Crippen molar-refractivity contribution in [3.05, 3.63) is 45.3 Å². The number of alkyl halides is 9. The lowest BCUT2D eigenvalue weighted by Gasteiger charge is -2.33. The Bertz CT molecular complexity index is 1130. The quantitative estimate of drug-likeness (QED) is 0.268. The predicted octanol–water partition coefficient (Wildman–Crippen LogP) is 7.17. The second kappa shape index (κ2) is 9.17. The zero-order valence-electron chi connectivity index (χ0n) is 16.6. The van der Waals surface area contributed by atoms with Crippen molar-refractivity contribution in [2.45, 2.75) is 36.6 Å². The van der Waals surface area contributed by atoms with Gasteiger partial charge in [-0.3, -0.25) is 0 Å². The molecule has 3 nitrogen and oxygen atoms in total. The number of fused-ring (bicyclic) bond motifs is 3. The number of aliphatic hydroxyl groups is 1. The number of hydrogen-bond donors (Lipinski definition) is 1. The van der Waals surface area contributed by atoms with E-state index in [9.17, 15) is 44.6 Å². The van der Waals surface area contributed by atoms with Gasteiger partial charge in [0.1, 0.15) is 6.61 Å². The largest absolute Gasteiger partial charge is 0.460 e. The molecule has 1 atom stereocenters. The van der Waals surface area contributed by atoms with Gasteiger partial charge in [-0.15, -0.1) is 0 Å². The highest BCUT2D eigenvalue weighted by atomic mass is 79.9. The van der Waals surface area contributed by atoms with E-state index in [-0.39, 0.29) is 6.54 Å². The van der Waals surface area contributed by atoms with Gasteiger partial charge in [-0.25, -0.2) is 0 Å². The van der Waals surface area contributed by atoms with Crippen molar-refractivity contribution in [3.63, 3.8) is 0 Å². The van der Waals surface area contributed by atoms with Crippen LogP contribution in [0.25, 0.3) is 21.8 Å². The maximum atomic E-state index is 13.6. The van der Waals surface area contributed by atoms with Crippen molar-refractivity contribution in [2.24, 2.45) is 0 Å². The van der Waals surface area contributed by atoms with Crippen LogP contribution in [0.1, 0.15) is 0 Å². The summed E-state index contributed by atoms with van der Waals surface area (Å²) in [6, 6.07) is 10.4. The Kier molecular flexibility index (Phi) is 7.31. The molecule has 0 spiro atoms. The van der Waals surface area contributed by atoms with Crippen molar-refractivity contribution >= 4 is 53.7 Å². The first kappa shape index (κ1) is 27.1. The van der Waals surface area contributed by atoms with Gasteiger partial charge in [0.2, 0.25) is 0 Å². The van der Waals surface area contributed by atoms with Crippen LogP contribution in [-0.4, -0.2) is 52.9 Å². The lowest BCUT2D eigenvalue weighted by atomic mass is 10.0. The van der Waals surface area contributed by atoms with Crippen LogP contribution in [0.15, 0.2) is 45.3 Å². The maximum Gasteiger partial charge on any atom is 0.460 e. The first-order valence-electron chi connectivity index (χ1n) is 9.32. The van der Waals surface area contributed by atoms with E-state index in [2.05, 4.69) is 36.6 Å². The monoisotopic (exact) mass is 629 g/mol. The Morgan fingerprint density at radius 3 is 1.71 bits per heavy atom. The molecule has 0 aliphatic rings. The molecule has 0 amide bonds. The summed E-state index contributed by atoms with van der Waals surface area (Å²) in [6.07, 6.45) is -8.49. The zero-order valence-corrected chi connectivity index (χ0v) is 19.8. The summed E-state index contributed by atoms with van der Waals surface area (Å²) in [7, 11) is 0. The summed E-state index contributed by atoms with van der Waals surface area (Å²) in [5.74, 6) is -19.6. The van der Waals surface area contributed by atoms with Gasteiger partial charge in [-0.2, -0.15) is 39.5 Å². The topological polar surface area (TPSA) is 34.4 Å². The molecular weight excluding hydrogens is 617 g/mol. The molecule has 2 aromatic carbocycles. The van der Waals surface area contributed by atoms with Crippen LogP contribution in [0.4, 0.5) is 39.5 Å². The number of halogens is 11. The lowest BCUT2D eigenvalue weighted by molar-refractivity contribution is -0.400. The summed E-state index contributed by atoms with van der Waals surface area (Å²) in [5, 5.41) is 11.7. The molecule has 0 aliphatic heterocycles. The molecule has 188 valence electrons. The molecule has 14 heteroatoms. The molecule has 3 aromatic rings. The van der Waals surface area contributed by atoms with E-state index in [1.54, 1.807) is 41.0 Å². The van der Waals surface area contributed by atoms with Crippen molar-refractivity contribution in [1.29, 1.82) is 0 Å². The van der Waals surface area contributed by atoms with E-state index in [1.165, 1.54) is 0 Å². The number of hydrogen-bond acceptors (Lipinski definition) is 2. The molecular formula is C20H14Br2F9NO2. The Balaban J connectivity index is 1.76. The zero-order chi connectivity index (χ0) is 25.7. The molecule has 1 heterocycles. The van der Waals surface area contributed by atoms with Crippen LogP contribution in [0.5, 0.6) is 0 Å². The third-order valence-electron chi connectivity index (χ3n) is 4.99.